The third-order valence-corrected chi connectivity index (χ3v) is 7.40. The quantitative estimate of drug-likeness (QED) is 0.713. The molecule has 0 radical (unpaired) electrons. The van der Waals surface area contributed by atoms with Crippen molar-refractivity contribution in [3.8, 4) is 0 Å². The first-order valence-corrected chi connectivity index (χ1v) is 11.4. The zero-order valence-electron chi connectivity index (χ0n) is 16.7. The van der Waals surface area contributed by atoms with E-state index in [1.165, 1.54) is 43.2 Å². The molecule has 1 atom stereocenters. The van der Waals surface area contributed by atoms with E-state index in [4.69, 9.17) is 0 Å². The van der Waals surface area contributed by atoms with E-state index in [0.717, 1.165) is 5.56 Å². The van der Waals surface area contributed by atoms with Crippen molar-refractivity contribution in [1.82, 2.24) is 14.5 Å². The van der Waals surface area contributed by atoms with Crippen LogP contribution in [0.15, 0.2) is 29.2 Å². The van der Waals surface area contributed by atoms with Gasteiger partial charge >= 0.3 is 0 Å². The summed E-state index contributed by atoms with van der Waals surface area (Å²) in [5, 5.41) is 3.71. The monoisotopic (exact) mass is 381 g/mol. The summed E-state index contributed by atoms with van der Waals surface area (Å²) in [5.74, 6) is 0. The molecule has 1 heterocycles. The molecule has 0 spiro atoms. The topological polar surface area (TPSA) is 52.7 Å². The highest BCUT2D eigenvalue weighted by molar-refractivity contribution is 7.89. The van der Waals surface area contributed by atoms with Gasteiger partial charge in [0.1, 0.15) is 0 Å². The highest BCUT2D eigenvalue weighted by Crippen LogP contribution is 2.21. The van der Waals surface area contributed by atoms with Crippen molar-refractivity contribution in [1.29, 1.82) is 0 Å². The Labute approximate surface area is 159 Å². The number of piperidine rings is 1. The lowest BCUT2D eigenvalue weighted by molar-refractivity contribution is 0.192. The number of benzene rings is 1. The van der Waals surface area contributed by atoms with Crippen molar-refractivity contribution in [3.63, 3.8) is 0 Å². The van der Waals surface area contributed by atoms with Gasteiger partial charge in [-0.2, -0.15) is 4.31 Å². The van der Waals surface area contributed by atoms with Crippen LogP contribution in [0.4, 0.5) is 0 Å². The van der Waals surface area contributed by atoms with Crippen LogP contribution in [0.2, 0.25) is 0 Å². The summed E-state index contributed by atoms with van der Waals surface area (Å²) in [6.45, 7) is 12.6. The molecule has 5 nitrogen and oxygen atoms in total. The molecular formula is C20H35N3O2S. The first kappa shape index (κ1) is 21.4. The van der Waals surface area contributed by atoms with Crippen molar-refractivity contribution >= 4 is 10.0 Å². The number of sulfonamides is 1. The van der Waals surface area contributed by atoms with Gasteiger partial charge in [-0.1, -0.05) is 32.9 Å². The molecule has 26 heavy (non-hydrogen) atoms. The van der Waals surface area contributed by atoms with Crippen molar-refractivity contribution in [2.75, 3.05) is 32.7 Å². The van der Waals surface area contributed by atoms with Gasteiger partial charge in [0.25, 0.3) is 0 Å². The van der Waals surface area contributed by atoms with Gasteiger partial charge < -0.3 is 10.2 Å². The zero-order chi connectivity index (χ0) is 19.2. The molecule has 6 heteroatoms. The van der Waals surface area contributed by atoms with E-state index in [1.807, 2.05) is 26.0 Å². The molecular weight excluding hydrogens is 346 g/mol. The molecule has 1 aliphatic rings. The molecule has 2 rings (SSSR count). The molecule has 1 fully saturated rings. The molecule has 1 aromatic rings. The fourth-order valence-electron chi connectivity index (χ4n) is 3.73. The average Bonchev–Trinajstić information content (AvgIpc) is 2.64. The van der Waals surface area contributed by atoms with Gasteiger partial charge in [-0.25, -0.2) is 8.42 Å². The first-order valence-electron chi connectivity index (χ1n) is 10.0. The summed E-state index contributed by atoms with van der Waals surface area (Å²) in [6.07, 6.45) is 3.58. The molecule has 1 aromatic carbocycles. The van der Waals surface area contributed by atoms with Crippen LogP contribution in [0.3, 0.4) is 0 Å². The number of hydrogen-bond donors (Lipinski definition) is 1. The highest BCUT2D eigenvalue weighted by Gasteiger charge is 2.23. The van der Waals surface area contributed by atoms with E-state index in [-0.39, 0.29) is 6.04 Å². The molecule has 0 aromatic heterocycles. The summed E-state index contributed by atoms with van der Waals surface area (Å²) >= 11 is 0. The van der Waals surface area contributed by atoms with Gasteiger partial charge in [-0.05, 0) is 63.5 Å². The molecule has 148 valence electrons. The Morgan fingerprint density at radius 3 is 2.19 bits per heavy atom. The van der Waals surface area contributed by atoms with Crippen LogP contribution in [-0.4, -0.2) is 56.4 Å². The number of hydrogen-bond acceptors (Lipinski definition) is 4. The van der Waals surface area contributed by atoms with Gasteiger partial charge in [0.2, 0.25) is 10.0 Å². The maximum Gasteiger partial charge on any atom is 0.243 e. The minimum Gasteiger partial charge on any atom is -0.307 e. The second kappa shape index (κ2) is 9.83. The Kier molecular flexibility index (Phi) is 8.07. The number of rotatable bonds is 9. The second-order valence-corrected chi connectivity index (χ2v) is 9.10. The van der Waals surface area contributed by atoms with Crippen molar-refractivity contribution in [2.45, 2.75) is 63.9 Å². The number of likely N-dealkylation sites (tertiary alicyclic amines) is 1. The third kappa shape index (κ3) is 5.28. The van der Waals surface area contributed by atoms with E-state index in [9.17, 15) is 8.42 Å². The van der Waals surface area contributed by atoms with E-state index < -0.39 is 10.0 Å². The highest BCUT2D eigenvalue weighted by atomic mass is 32.2. The van der Waals surface area contributed by atoms with Crippen LogP contribution < -0.4 is 5.32 Å². The van der Waals surface area contributed by atoms with Crippen LogP contribution in [0.5, 0.6) is 0 Å². The maximum absolute atomic E-state index is 12.6. The fourth-order valence-corrected chi connectivity index (χ4v) is 5.19. The molecule has 0 saturated carbocycles. The summed E-state index contributed by atoms with van der Waals surface area (Å²) in [6, 6.07) is 8.14. The predicted octanol–water partition coefficient (Wildman–Crippen LogP) is 3.24. The van der Waals surface area contributed by atoms with Crippen LogP contribution in [0, 0.1) is 0 Å². The SMILES string of the molecule is CCCN1CCC(NC(C)c2ccc(S(=O)(=O)N(CC)CC)cc2)CC1. The fraction of sp³-hybridized carbons (Fsp3) is 0.700. The van der Waals surface area contributed by atoms with Crippen molar-refractivity contribution in [3.05, 3.63) is 29.8 Å². The van der Waals surface area contributed by atoms with Crippen LogP contribution in [0.1, 0.15) is 58.6 Å². The van der Waals surface area contributed by atoms with Crippen LogP contribution in [-0.2, 0) is 10.0 Å². The second-order valence-electron chi connectivity index (χ2n) is 7.16. The summed E-state index contributed by atoms with van der Waals surface area (Å²) in [5.41, 5.74) is 1.14. The largest absolute Gasteiger partial charge is 0.307 e. The number of nitrogens with zero attached hydrogens (tertiary/aromatic N) is 2. The molecule has 1 saturated heterocycles. The maximum atomic E-state index is 12.6. The predicted molar refractivity (Wildman–Crippen MR) is 108 cm³/mol. The lowest BCUT2D eigenvalue weighted by Gasteiger charge is -2.33. The smallest absolute Gasteiger partial charge is 0.243 e. The van der Waals surface area contributed by atoms with Crippen molar-refractivity contribution < 1.29 is 8.42 Å². The van der Waals surface area contributed by atoms with E-state index in [0.29, 0.717) is 24.0 Å². The van der Waals surface area contributed by atoms with Gasteiger partial charge in [-0.3, -0.25) is 0 Å². The van der Waals surface area contributed by atoms with Crippen molar-refractivity contribution in [2.24, 2.45) is 0 Å². The van der Waals surface area contributed by atoms with Crippen LogP contribution in [0.25, 0.3) is 0 Å². The number of nitrogens with one attached hydrogen (secondary N) is 1. The molecule has 0 aliphatic carbocycles. The molecule has 1 N–H and O–H groups in total. The lowest BCUT2D eigenvalue weighted by atomic mass is 10.0. The Balaban J connectivity index is 1.96. The molecule has 0 bridgehead atoms. The lowest BCUT2D eigenvalue weighted by Crippen LogP contribution is -2.43. The third-order valence-electron chi connectivity index (χ3n) is 5.34. The summed E-state index contributed by atoms with van der Waals surface area (Å²) in [4.78, 5) is 2.92. The molecule has 1 aliphatic heterocycles. The van der Waals surface area contributed by atoms with Gasteiger partial charge in [0, 0.05) is 25.2 Å². The Hall–Kier alpha value is -0.950. The Morgan fingerprint density at radius 1 is 1.12 bits per heavy atom. The molecule has 1 unspecified atom stereocenters. The summed E-state index contributed by atoms with van der Waals surface area (Å²) < 4.78 is 26.7. The minimum atomic E-state index is -3.38. The zero-order valence-corrected chi connectivity index (χ0v) is 17.6. The normalized spacial score (nSPS) is 18.3. The van der Waals surface area contributed by atoms with Gasteiger partial charge in [0.05, 0.1) is 4.90 Å². The Bertz CT molecular complexity index is 634. The first-order chi connectivity index (χ1) is 12.4. The van der Waals surface area contributed by atoms with E-state index in [2.05, 4.69) is 24.1 Å². The summed E-state index contributed by atoms with van der Waals surface area (Å²) in [7, 11) is -3.38. The van der Waals surface area contributed by atoms with Crippen LogP contribution >= 0.6 is 0 Å². The average molecular weight is 382 g/mol. The van der Waals surface area contributed by atoms with E-state index >= 15 is 0 Å². The van der Waals surface area contributed by atoms with E-state index in [1.54, 1.807) is 12.1 Å². The van der Waals surface area contributed by atoms with Gasteiger partial charge in [0.15, 0.2) is 0 Å². The standard InChI is InChI=1S/C20H35N3O2S/c1-5-14-22-15-12-19(13-16-22)21-17(4)18-8-10-20(11-9-18)26(24,25)23(6-2)7-3/h8-11,17,19,21H,5-7,12-16H2,1-4H3. The van der Waals surface area contributed by atoms with Gasteiger partial charge in [-0.15, -0.1) is 0 Å². The molecule has 0 amide bonds. The Morgan fingerprint density at radius 2 is 1.69 bits per heavy atom. The minimum absolute atomic E-state index is 0.225.